The van der Waals surface area contributed by atoms with E-state index in [9.17, 15) is 26.4 Å². The summed E-state index contributed by atoms with van der Waals surface area (Å²) in [4.78, 5) is 12.8. The predicted octanol–water partition coefficient (Wildman–Crippen LogP) is 3.89. The number of amides is 1. The first-order chi connectivity index (χ1) is 13.2. The number of hydrogen-bond donors (Lipinski definition) is 1. The van der Waals surface area contributed by atoms with E-state index < -0.39 is 33.7 Å². The van der Waals surface area contributed by atoms with E-state index in [1.807, 2.05) is 0 Å². The number of anilines is 1. The summed E-state index contributed by atoms with van der Waals surface area (Å²) in [6, 6.07) is 11.0. The van der Waals surface area contributed by atoms with E-state index in [2.05, 4.69) is 5.32 Å². The van der Waals surface area contributed by atoms with Gasteiger partial charge in [-0.2, -0.15) is 17.5 Å². The Morgan fingerprint density at radius 2 is 1.64 bits per heavy atom. The Balaban J connectivity index is 1.79. The summed E-state index contributed by atoms with van der Waals surface area (Å²) in [5.74, 6) is -0.557. The molecule has 0 radical (unpaired) electrons. The highest BCUT2D eigenvalue weighted by atomic mass is 32.2. The number of rotatable bonds is 4. The highest BCUT2D eigenvalue weighted by Crippen LogP contribution is 2.30. The number of sulfonamides is 1. The highest BCUT2D eigenvalue weighted by molar-refractivity contribution is 7.89. The molecule has 1 N–H and O–H groups in total. The summed E-state index contributed by atoms with van der Waals surface area (Å²) in [6.45, 7) is 0.211. The van der Waals surface area contributed by atoms with Gasteiger partial charge in [0.15, 0.2) is 0 Å². The zero-order chi connectivity index (χ0) is 20.4. The Morgan fingerprint density at radius 3 is 2.25 bits per heavy atom. The maximum atomic E-state index is 12.9. The van der Waals surface area contributed by atoms with E-state index in [4.69, 9.17) is 0 Å². The average molecular weight is 412 g/mol. The lowest BCUT2D eigenvalue weighted by atomic mass is 10.0. The summed E-state index contributed by atoms with van der Waals surface area (Å²) >= 11 is 0. The largest absolute Gasteiger partial charge is 0.416 e. The molecular formula is C19H19F3N2O3S. The van der Waals surface area contributed by atoms with Crippen molar-refractivity contribution in [1.82, 2.24) is 4.31 Å². The Labute approximate surface area is 161 Å². The van der Waals surface area contributed by atoms with E-state index in [0.29, 0.717) is 19.3 Å². The van der Waals surface area contributed by atoms with E-state index in [1.54, 1.807) is 18.2 Å². The minimum Gasteiger partial charge on any atom is -0.325 e. The smallest absolute Gasteiger partial charge is 0.325 e. The predicted molar refractivity (Wildman–Crippen MR) is 98.0 cm³/mol. The molecule has 2 aromatic rings. The molecule has 1 aliphatic rings. The molecule has 5 nitrogen and oxygen atoms in total. The number of nitrogens with zero attached hydrogens (tertiary/aromatic N) is 1. The van der Waals surface area contributed by atoms with Crippen molar-refractivity contribution in [1.29, 1.82) is 0 Å². The topological polar surface area (TPSA) is 66.5 Å². The van der Waals surface area contributed by atoms with Crippen molar-refractivity contribution in [3.8, 4) is 0 Å². The van der Waals surface area contributed by atoms with Crippen LogP contribution >= 0.6 is 0 Å². The number of halogens is 3. The monoisotopic (exact) mass is 412 g/mol. The van der Waals surface area contributed by atoms with Crippen LogP contribution < -0.4 is 5.32 Å². The van der Waals surface area contributed by atoms with Crippen LogP contribution in [0.1, 0.15) is 24.8 Å². The Bertz CT molecular complexity index is 929. The van der Waals surface area contributed by atoms with Gasteiger partial charge in [0.05, 0.1) is 10.5 Å². The van der Waals surface area contributed by atoms with Gasteiger partial charge in [0.25, 0.3) is 0 Å². The van der Waals surface area contributed by atoms with Crippen molar-refractivity contribution in [3.05, 3.63) is 60.2 Å². The van der Waals surface area contributed by atoms with Gasteiger partial charge in [-0.05, 0) is 49.2 Å². The van der Waals surface area contributed by atoms with Crippen molar-refractivity contribution in [2.24, 2.45) is 0 Å². The van der Waals surface area contributed by atoms with Gasteiger partial charge < -0.3 is 5.32 Å². The molecule has 0 aliphatic carbocycles. The van der Waals surface area contributed by atoms with E-state index in [1.165, 1.54) is 16.4 Å². The fraction of sp³-hybridized carbons (Fsp3) is 0.316. The summed E-state index contributed by atoms with van der Waals surface area (Å²) in [5, 5.41) is 2.53. The first kappa shape index (κ1) is 20.3. The van der Waals surface area contributed by atoms with E-state index in [-0.39, 0.29) is 17.1 Å². The van der Waals surface area contributed by atoms with Gasteiger partial charge >= 0.3 is 6.18 Å². The molecule has 1 saturated heterocycles. The van der Waals surface area contributed by atoms with Gasteiger partial charge in [0, 0.05) is 12.2 Å². The fourth-order valence-electron chi connectivity index (χ4n) is 3.15. The fourth-order valence-corrected chi connectivity index (χ4v) is 4.83. The molecular weight excluding hydrogens is 393 g/mol. The van der Waals surface area contributed by atoms with Gasteiger partial charge in [-0.1, -0.05) is 24.6 Å². The lowest BCUT2D eigenvalue weighted by molar-refractivity contribution is -0.137. The van der Waals surface area contributed by atoms with Crippen LogP contribution in [0.25, 0.3) is 0 Å². The number of carbonyl (C=O) groups excluding carboxylic acids is 1. The standard InChI is InChI=1S/C19H19F3N2O3S/c20-19(21,22)14-9-11-15(12-10-14)23-18(25)17-8-4-5-13-24(17)28(26,27)16-6-2-1-3-7-16/h1-3,6-7,9-12,17H,4-5,8,13H2,(H,23,25)/t17-/m1/s1. The molecule has 1 atom stereocenters. The summed E-state index contributed by atoms with van der Waals surface area (Å²) in [7, 11) is -3.85. The number of alkyl halides is 3. The molecule has 1 amide bonds. The van der Waals surface area contributed by atoms with Crippen molar-refractivity contribution in [2.75, 3.05) is 11.9 Å². The molecule has 0 bridgehead atoms. The molecule has 150 valence electrons. The van der Waals surface area contributed by atoms with Crippen LogP contribution in [0.2, 0.25) is 0 Å². The van der Waals surface area contributed by atoms with Crippen molar-refractivity contribution >= 4 is 21.6 Å². The van der Waals surface area contributed by atoms with Gasteiger partial charge in [0.1, 0.15) is 6.04 Å². The van der Waals surface area contributed by atoms with Gasteiger partial charge in [-0.25, -0.2) is 8.42 Å². The number of benzene rings is 2. The second kappa shape index (κ2) is 7.92. The molecule has 0 unspecified atom stereocenters. The molecule has 0 aromatic heterocycles. The second-order valence-corrected chi connectivity index (χ2v) is 8.40. The second-order valence-electron chi connectivity index (χ2n) is 6.50. The zero-order valence-corrected chi connectivity index (χ0v) is 15.6. The van der Waals surface area contributed by atoms with Crippen LogP contribution in [0.5, 0.6) is 0 Å². The van der Waals surface area contributed by atoms with Crippen LogP contribution in [0, 0.1) is 0 Å². The Hall–Kier alpha value is -2.39. The van der Waals surface area contributed by atoms with E-state index in [0.717, 1.165) is 24.3 Å². The first-order valence-corrected chi connectivity index (χ1v) is 10.2. The zero-order valence-electron chi connectivity index (χ0n) is 14.8. The Morgan fingerprint density at radius 1 is 1.00 bits per heavy atom. The third-order valence-corrected chi connectivity index (χ3v) is 6.51. The lowest BCUT2D eigenvalue weighted by Gasteiger charge is -2.33. The quantitative estimate of drug-likeness (QED) is 0.829. The highest BCUT2D eigenvalue weighted by Gasteiger charge is 2.37. The molecule has 3 rings (SSSR count). The minimum absolute atomic E-state index is 0.101. The van der Waals surface area contributed by atoms with Crippen LogP contribution in [0.4, 0.5) is 18.9 Å². The van der Waals surface area contributed by atoms with Crippen LogP contribution in [-0.4, -0.2) is 31.2 Å². The molecule has 1 aliphatic heterocycles. The molecule has 0 spiro atoms. The number of hydrogen-bond acceptors (Lipinski definition) is 3. The number of piperidine rings is 1. The molecule has 1 fully saturated rings. The maximum Gasteiger partial charge on any atom is 0.416 e. The minimum atomic E-state index is -4.47. The lowest BCUT2D eigenvalue weighted by Crippen LogP contribution is -2.49. The van der Waals surface area contributed by atoms with Crippen LogP contribution in [-0.2, 0) is 21.0 Å². The van der Waals surface area contributed by atoms with Gasteiger partial charge in [-0.15, -0.1) is 0 Å². The average Bonchev–Trinajstić information content (AvgIpc) is 2.68. The summed E-state index contributed by atoms with van der Waals surface area (Å²) < 4.78 is 65.0. The van der Waals surface area contributed by atoms with Crippen LogP contribution in [0.15, 0.2) is 59.5 Å². The molecule has 28 heavy (non-hydrogen) atoms. The van der Waals surface area contributed by atoms with Crippen molar-refractivity contribution in [3.63, 3.8) is 0 Å². The van der Waals surface area contributed by atoms with Gasteiger partial charge in [0.2, 0.25) is 15.9 Å². The van der Waals surface area contributed by atoms with Crippen molar-refractivity contribution in [2.45, 2.75) is 36.4 Å². The Kier molecular flexibility index (Phi) is 5.76. The van der Waals surface area contributed by atoms with Gasteiger partial charge in [-0.3, -0.25) is 4.79 Å². The number of carbonyl (C=O) groups is 1. The van der Waals surface area contributed by atoms with Crippen LogP contribution in [0.3, 0.4) is 0 Å². The maximum absolute atomic E-state index is 12.9. The number of nitrogens with one attached hydrogen (secondary N) is 1. The van der Waals surface area contributed by atoms with Crippen molar-refractivity contribution < 1.29 is 26.4 Å². The summed E-state index contributed by atoms with van der Waals surface area (Å²) in [6.07, 6.45) is -2.80. The molecule has 1 heterocycles. The van der Waals surface area contributed by atoms with E-state index >= 15 is 0 Å². The first-order valence-electron chi connectivity index (χ1n) is 8.74. The SMILES string of the molecule is O=C(Nc1ccc(C(F)(F)F)cc1)[C@H]1CCCCN1S(=O)(=O)c1ccccc1. The summed E-state index contributed by atoms with van der Waals surface area (Å²) in [5.41, 5.74) is -0.642. The molecule has 9 heteroatoms. The molecule has 2 aromatic carbocycles. The molecule has 0 saturated carbocycles. The normalized spacial score (nSPS) is 18.6. The third-order valence-electron chi connectivity index (χ3n) is 4.59. The third kappa shape index (κ3) is 4.36.